The summed E-state index contributed by atoms with van der Waals surface area (Å²) in [7, 11) is 0. The van der Waals surface area contributed by atoms with Crippen molar-refractivity contribution in [2.75, 3.05) is 0 Å². The van der Waals surface area contributed by atoms with Crippen molar-refractivity contribution >= 4 is 5.97 Å². The van der Waals surface area contributed by atoms with Gasteiger partial charge in [-0.15, -0.1) is 0 Å². The van der Waals surface area contributed by atoms with Crippen LogP contribution in [0.2, 0.25) is 0 Å². The molecule has 1 aromatic carbocycles. The highest BCUT2D eigenvalue weighted by Gasteiger charge is 2.23. The molecule has 1 atom stereocenters. The lowest BCUT2D eigenvalue weighted by Crippen LogP contribution is -2.11. The zero-order valence-corrected chi connectivity index (χ0v) is 8.00. The zero-order valence-electron chi connectivity index (χ0n) is 8.00. The number of phenols is 1. The van der Waals surface area contributed by atoms with E-state index < -0.39 is 29.3 Å². The Morgan fingerprint density at radius 3 is 2.53 bits per heavy atom. The third kappa shape index (κ3) is 2.23. The molecular weight excluding hydrogens is 206 g/mol. The lowest BCUT2D eigenvalue weighted by atomic mass is 9.95. The molecule has 1 rings (SSSR count). The van der Waals surface area contributed by atoms with Crippen LogP contribution in [-0.2, 0) is 4.79 Å². The highest BCUT2D eigenvalue weighted by Crippen LogP contribution is 2.31. The first-order valence-electron chi connectivity index (χ1n) is 4.38. The van der Waals surface area contributed by atoms with Crippen LogP contribution < -0.4 is 0 Å². The van der Waals surface area contributed by atoms with Gasteiger partial charge in [-0.05, 0) is 12.5 Å². The van der Waals surface area contributed by atoms with Crippen LogP contribution in [0.1, 0.15) is 24.8 Å². The summed E-state index contributed by atoms with van der Waals surface area (Å²) in [4.78, 5) is 10.7. The molecule has 0 radical (unpaired) electrons. The maximum atomic E-state index is 12.9. The van der Waals surface area contributed by atoms with Gasteiger partial charge >= 0.3 is 5.97 Å². The van der Waals surface area contributed by atoms with Gasteiger partial charge in [0, 0.05) is 11.6 Å². The molecular formula is C10H10F2O3. The van der Waals surface area contributed by atoms with Crippen LogP contribution in [0, 0.1) is 11.6 Å². The lowest BCUT2D eigenvalue weighted by Gasteiger charge is -2.12. The molecule has 0 aliphatic heterocycles. The van der Waals surface area contributed by atoms with Gasteiger partial charge in [0.15, 0.2) is 11.6 Å². The van der Waals surface area contributed by atoms with E-state index in [9.17, 15) is 18.7 Å². The Bertz CT molecular complexity index is 390. The van der Waals surface area contributed by atoms with E-state index in [4.69, 9.17) is 5.11 Å². The van der Waals surface area contributed by atoms with E-state index >= 15 is 0 Å². The fourth-order valence-corrected chi connectivity index (χ4v) is 1.38. The summed E-state index contributed by atoms with van der Waals surface area (Å²) in [6, 6.07) is 1.34. The zero-order chi connectivity index (χ0) is 11.6. The first-order chi connectivity index (χ1) is 6.97. The van der Waals surface area contributed by atoms with Crippen LogP contribution in [0.4, 0.5) is 8.78 Å². The van der Waals surface area contributed by atoms with Gasteiger partial charge in [-0.3, -0.25) is 4.79 Å². The molecule has 0 amide bonds. The maximum Gasteiger partial charge on any atom is 0.311 e. The number of rotatable bonds is 3. The molecule has 1 unspecified atom stereocenters. The monoisotopic (exact) mass is 216 g/mol. The van der Waals surface area contributed by atoms with E-state index in [1.54, 1.807) is 6.92 Å². The Hall–Kier alpha value is -1.65. The van der Waals surface area contributed by atoms with Crippen molar-refractivity contribution in [2.45, 2.75) is 19.3 Å². The highest BCUT2D eigenvalue weighted by molar-refractivity contribution is 5.77. The molecule has 0 aromatic heterocycles. The molecule has 2 N–H and O–H groups in total. The van der Waals surface area contributed by atoms with Crippen LogP contribution in [-0.4, -0.2) is 16.2 Å². The Morgan fingerprint density at radius 2 is 2.07 bits per heavy atom. The van der Waals surface area contributed by atoms with Crippen LogP contribution in [0.5, 0.6) is 5.75 Å². The van der Waals surface area contributed by atoms with Gasteiger partial charge in [-0.25, -0.2) is 8.78 Å². The summed E-state index contributed by atoms with van der Waals surface area (Å²) in [5.41, 5.74) is -0.234. The first-order valence-corrected chi connectivity index (χ1v) is 4.38. The normalized spacial score (nSPS) is 12.5. The predicted molar refractivity (Wildman–Crippen MR) is 48.7 cm³/mol. The van der Waals surface area contributed by atoms with E-state index in [1.165, 1.54) is 0 Å². The molecule has 0 aliphatic carbocycles. The van der Waals surface area contributed by atoms with Gasteiger partial charge in [0.2, 0.25) is 0 Å². The minimum atomic E-state index is -1.22. The fraction of sp³-hybridized carbons (Fsp3) is 0.300. The summed E-state index contributed by atoms with van der Waals surface area (Å²) in [6.07, 6.45) is 0.145. The summed E-state index contributed by atoms with van der Waals surface area (Å²) in [6.45, 7) is 1.56. The van der Waals surface area contributed by atoms with E-state index in [-0.39, 0.29) is 12.0 Å². The van der Waals surface area contributed by atoms with Crippen molar-refractivity contribution in [3.8, 4) is 5.75 Å². The van der Waals surface area contributed by atoms with E-state index in [1.807, 2.05) is 0 Å². The maximum absolute atomic E-state index is 12.9. The average molecular weight is 216 g/mol. The number of carboxylic acid groups (broad SMARTS) is 1. The van der Waals surface area contributed by atoms with Crippen LogP contribution >= 0.6 is 0 Å². The molecule has 5 heteroatoms. The minimum Gasteiger partial charge on any atom is -0.505 e. The molecule has 1 aromatic rings. The third-order valence-electron chi connectivity index (χ3n) is 2.14. The van der Waals surface area contributed by atoms with Gasteiger partial charge < -0.3 is 10.2 Å². The Morgan fingerprint density at radius 1 is 1.47 bits per heavy atom. The van der Waals surface area contributed by atoms with E-state index in [2.05, 4.69) is 0 Å². The summed E-state index contributed by atoms with van der Waals surface area (Å²) in [5, 5.41) is 18.0. The summed E-state index contributed by atoms with van der Waals surface area (Å²) in [5.74, 6) is -5.18. The van der Waals surface area contributed by atoms with Crippen molar-refractivity contribution in [2.24, 2.45) is 0 Å². The number of phenolic OH excluding ortho intramolecular Hbond substituents is 1. The fourth-order valence-electron chi connectivity index (χ4n) is 1.38. The average Bonchev–Trinajstić information content (AvgIpc) is 2.13. The van der Waals surface area contributed by atoms with Crippen molar-refractivity contribution in [1.82, 2.24) is 0 Å². The van der Waals surface area contributed by atoms with Crippen molar-refractivity contribution in [3.63, 3.8) is 0 Å². The summed E-state index contributed by atoms with van der Waals surface area (Å²) >= 11 is 0. The molecule has 0 saturated carbocycles. The Labute approximate surface area is 85.0 Å². The number of hydrogen-bond acceptors (Lipinski definition) is 2. The first kappa shape index (κ1) is 11.4. The van der Waals surface area contributed by atoms with Crippen LogP contribution in [0.15, 0.2) is 12.1 Å². The highest BCUT2D eigenvalue weighted by atomic mass is 19.1. The second kappa shape index (κ2) is 4.25. The predicted octanol–water partition coefficient (Wildman–Crippen LogP) is 2.25. The standard InChI is InChI=1S/C10H10F2O3/c1-2-6(10(14)15)7-3-5(11)4-8(12)9(7)13/h3-4,6,13H,2H2,1H3,(H,14,15). The SMILES string of the molecule is CCC(C(=O)O)c1cc(F)cc(F)c1O. The smallest absolute Gasteiger partial charge is 0.311 e. The molecule has 0 heterocycles. The number of halogens is 2. The molecule has 82 valence electrons. The van der Waals surface area contributed by atoms with Crippen molar-refractivity contribution in [1.29, 1.82) is 0 Å². The largest absolute Gasteiger partial charge is 0.505 e. The molecule has 3 nitrogen and oxygen atoms in total. The van der Waals surface area contributed by atoms with Gasteiger partial charge in [0.25, 0.3) is 0 Å². The van der Waals surface area contributed by atoms with Gasteiger partial charge in [0.05, 0.1) is 5.92 Å². The number of hydrogen-bond donors (Lipinski definition) is 2. The number of aliphatic carboxylic acids is 1. The van der Waals surface area contributed by atoms with Gasteiger partial charge in [-0.1, -0.05) is 6.92 Å². The van der Waals surface area contributed by atoms with E-state index in [0.29, 0.717) is 6.07 Å². The van der Waals surface area contributed by atoms with Gasteiger partial charge in [-0.2, -0.15) is 0 Å². The van der Waals surface area contributed by atoms with Gasteiger partial charge in [0.1, 0.15) is 5.82 Å². The molecule has 0 aliphatic rings. The van der Waals surface area contributed by atoms with Crippen LogP contribution in [0.25, 0.3) is 0 Å². The van der Waals surface area contributed by atoms with E-state index in [0.717, 1.165) is 6.07 Å². The quantitative estimate of drug-likeness (QED) is 0.814. The Kier molecular flexibility index (Phi) is 3.24. The summed E-state index contributed by atoms with van der Waals surface area (Å²) < 4.78 is 25.7. The van der Waals surface area contributed by atoms with Crippen LogP contribution in [0.3, 0.4) is 0 Å². The molecule has 0 fully saturated rings. The molecule has 0 saturated heterocycles. The lowest BCUT2D eigenvalue weighted by molar-refractivity contribution is -0.138. The molecule has 0 bridgehead atoms. The van der Waals surface area contributed by atoms with Crippen molar-refractivity contribution in [3.05, 3.63) is 29.3 Å². The van der Waals surface area contributed by atoms with Crippen molar-refractivity contribution < 1.29 is 23.8 Å². The minimum absolute atomic E-state index is 0.145. The topological polar surface area (TPSA) is 57.5 Å². The second-order valence-corrected chi connectivity index (χ2v) is 3.12. The number of aromatic hydroxyl groups is 1. The molecule has 0 spiro atoms. The number of benzene rings is 1. The number of carbonyl (C=O) groups is 1. The Balaban J connectivity index is 3.28. The third-order valence-corrected chi connectivity index (χ3v) is 2.14. The second-order valence-electron chi connectivity index (χ2n) is 3.12. The molecule has 15 heavy (non-hydrogen) atoms. The number of carboxylic acids is 1.